The van der Waals surface area contributed by atoms with Gasteiger partial charge in [0.2, 0.25) is 0 Å². The molecular weight excluding hydrogens is 146 g/mol. The van der Waals surface area contributed by atoms with Crippen molar-refractivity contribution in [1.82, 2.24) is 14.8 Å². The van der Waals surface area contributed by atoms with E-state index in [1.54, 1.807) is 6.33 Å². The molecule has 0 atom stereocenters. The lowest BCUT2D eigenvalue weighted by molar-refractivity contribution is 0.524. The summed E-state index contributed by atoms with van der Waals surface area (Å²) in [5.41, 5.74) is 0.282. The van der Waals surface area contributed by atoms with Crippen LogP contribution in [0.2, 0.25) is 0 Å². The predicted molar refractivity (Wildman–Crippen MR) is 40.3 cm³/mol. The second kappa shape index (κ2) is 1.69. The zero-order chi connectivity index (χ0) is 7.19. The first kappa shape index (κ1) is 6.09. The minimum absolute atomic E-state index is 0.282. The highest BCUT2D eigenvalue weighted by atomic mass is 32.1. The van der Waals surface area contributed by atoms with E-state index in [0.717, 1.165) is 4.77 Å². The van der Waals surface area contributed by atoms with Gasteiger partial charge in [0.1, 0.15) is 6.33 Å². The second-order valence-electron chi connectivity index (χ2n) is 3.03. The average molecular weight is 155 g/mol. The fourth-order valence-corrected chi connectivity index (χ4v) is 1.37. The first-order valence-corrected chi connectivity index (χ1v) is 3.76. The smallest absolute Gasteiger partial charge is 0.195 e. The second-order valence-corrected chi connectivity index (χ2v) is 3.42. The monoisotopic (exact) mass is 155 g/mol. The summed E-state index contributed by atoms with van der Waals surface area (Å²) in [4.78, 5) is 0. The molecule has 0 aromatic carbocycles. The van der Waals surface area contributed by atoms with Crippen LogP contribution in [0.25, 0.3) is 0 Å². The Morgan fingerprint density at radius 3 is 2.90 bits per heavy atom. The lowest BCUT2D eigenvalue weighted by Crippen LogP contribution is -2.10. The van der Waals surface area contributed by atoms with Crippen molar-refractivity contribution in [2.45, 2.75) is 25.3 Å². The van der Waals surface area contributed by atoms with E-state index in [1.165, 1.54) is 12.8 Å². The summed E-state index contributed by atoms with van der Waals surface area (Å²) in [5, 5.41) is 6.60. The van der Waals surface area contributed by atoms with Gasteiger partial charge in [0.25, 0.3) is 0 Å². The summed E-state index contributed by atoms with van der Waals surface area (Å²) in [6.07, 6.45) is 4.22. The number of hydrogen-bond acceptors (Lipinski definition) is 2. The molecule has 1 aromatic rings. The van der Waals surface area contributed by atoms with Gasteiger partial charge in [0, 0.05) is 5.54 Å². The molecule has 0 spiro atoms. The van der Waals surface area contributed by atoms with Gasteiger partial charge in [-0.3, -0.25) is 5.10 Å². The highest BCUT2D eigenvalue weighted by Gasteiger charge is 2.39. The third-order valence-corrected chi connectivity index (χ3v) is 2.40. The van der Waals surface area contributed by atoms with Gasteiger partial charge >= 0.3 is 0 Å². The Hall–Kier alpha value is -0.640. The zero-order valence-electron chi connectivity index (χ0n) is 5.79. The molecule has 1 heterocycles. The molecule has 4 heteroatoms. The maximum Gasteiger partial charge on any atom is 0.195 e. The first-order chi connectivity index (χ1) is 4.72. The SMILES string of the molecule is CC1(n2cn[nH]c2=S)CC1. The number of aromatic amines is 1. The third-order valence-electron chi connectivity index (χ3n) is 2.11. The van der Waals surface area contributed by atoms with Crippen LogP contribution in [0.4, 0.5) is 0 Å². The number of aromatic nitrogens is 3. The van der Waals surface area contributed by atoms with Gasteiger partial charge in [-0.2, -0.15) is 5.10 Å². The summed E-state index contributed by atoms with van der Waals surface area (Å²) in [6, 6.07) is 0. The van der Waals surface area contributed by atoms with Crippen LogP contribution in [0.5, 0.6) is 0 Å². The molecular formula is C6H9N3S. The van der Waals surface area contributed by atoms with Crippen LogP contribution >= 0.6 is 12.2 Å². The molecule has 1 fully saturated rings. The van der Waals surface area contributed by atoms with Gasteiger partial charge in [-0.15, -0.1) is 0 Å². The highest BCUT2D eigenvalue weighted by molar-refractivity contribution is 7.71. The van der Waals surface area contributed by atoms with E-state index in [9.17, 15) is 0 Å². The van der Waals surface area contributed by atoms with Gasteiger partial charge in [-0.25, -0.2) is 0 Å². The largest absolute Gasteiger partial charge is 0.301 e. The van der Waals surface area contributed by atoms with E-state index in [0.29, 0.717) is 0 Å². The molecule has 3 nitrogen and oxygen atoms in total. The Morgan fingerprint density at radius 2 is 2.50 bits per heavy atom. The van der Waals surface area contributed by atoms with Gasteiger partial charge in [0.05, 0.1) is 0 Å². The van der Waals surface area contributed by atoms with Crippen LogP contribution in [0.3, 0.4) is 0 Å². The Morgan fingerprint density at radius 1 is 1.80 bits per heavy atom. The molecule has 1 aliphatic rings. The minimum Gasteiger partial charge on any atom is -0.301 e. The van der Waals surface area contributed by atoms with Crippen molar-refractivity contribution in [3.05, 3.63) is 11.1 Å². The van der Waals surface area contributed by atoms with Crippen molar-refractivity contribution in [2.24, 2.45) is 0 Å². The molecule has 10 heavy (non-hydrogen) atoms. The first-order valence-electron chi connectivity index (χ1n) is 3.35. The lowest BCUT2D eigenvalue weighted by atomic mass is 10.3. The van der Waals surface area contributed by atoms with Crippen molar-refractivity contribution in [3.63, 3.8) is 0 Å². The number of nitrogens with one attached hydrogen (secondary N) is 1. The molecule has 0 radical (unpaired) electrons. The third kappa shape index (κ3) is 0.718. The van der Waals surface area contributed by atoms with E-state index >= 15 is 0 Å². The van der Waals surface area contributed by atoms with Crippen LogP contribution < -0.4 is 0 Å². The van der Waals surface area contributed by atoms with E-state index in [4.69, 9.17) is 12.2 Å². The van der Waals surface area contributed by atoms with Crippen molar-refractivity contribution < 1.29 is 0 Å². The molecule has 2 rings (SSSR count). The van der Waals surface area contributed by atoms with Crippen LogP contribution in [0.15, 0.2) is 6.33 Å². The summed E-state index contributed by atoms with van der Waals surface area (Å²) in [5.74, 6) is 0. The fourth-order valence-electron chi connectivity index (χ4n) is 1.05. The van der Waals surface area contributed by atoms with Crippen molar-refractivity contribution >= 4 is 12.2 Å². The topological polar surface area (TPSA) is 33.6 Å². The molecule has 1 aliphatic carbocycles. The van der Waals surface area contributed by atoms with Crippen LogP contribution in [-0.4, -0.2) is 14.8 Å². The Labute approximate surface area is 64.1 Å². The molecule has 0 bridgehead atoms. The van der Waals surface area contributed by atoms with E-state index in [1.807, 2.05) is 4.57 Å². The van der Waals surface area contributed by atoms with E-state index in [-0.39, 0.29) is 5.54 Å². The Balaban J connectivity index is 2.51. The van der Waals surface area contributed by atoms with Gasteiger partial charge in [-0.05, 0) is 32.0 Å². The standard InChI is InChI=1S/C6H9N3S/c1-6(2-3-6)9-4-7-8-5(9)10/h4H,2-3H2,1H3,(H,8,10). The van der Waals surface area contributed by atoms with Crippen molar-refractivity contribution in [1.29, 1.82) is 0 Å². The summed E-state index contributed by atoms with van der Waals surface area (Å²) in [6.45, 7) is 2.19. The quantitative estimate of drug-likeness (QED) is 0.623. The minimum atomic E-state index is 0.282. The number of rotatable bonds is 1. The van der Waals surface area contributed by atoms with E-state index < -0.39 is 0 Å². The fraction of sp³-hybridized carbons (Fsp3) is 0.667. The van der Waals surface area contributed by atoms with Crippen LogP contribution in [0, 0.1) is 4.77 Å². The molecule has 0 unspecified atom stereocenters. The van der Waals surface area contributed by atoms with Gasteiger partial charge in [-0.1, -0.05) is 0 Å². The number of hydrogen-bond donors (Lipinski definition) is 1. The maximum atomic E-state index is 5.02. The molecule has 0 amide bonds. The van der Waals surface area contributed by atoms with Crippen LogP contribution in [0.1, 0.15) is 19.8 Å². The summed E-state index contributed by atoms with van der Waals surface area (Å²) < 4.78 is 2.77. The van der Waals surface area contributed by atoms with E-state index in [2.05, 4.69) is 17.1 Å². The molecule has 54 valence electrons. The van der Waals surface area contributed by atoms with Crippen molar-refractivity contribution in [2.75, 3.05) is 0 Å². The molecule has 1 aromatic heterocycles. The molecule has 0 aliphatic heterocycles. The average Bonchev–Trinajstić information content (AvgIpc) is 2.44. The summed E-state index contributed by atoms with van der Waals surface area (Å²) in [7, 11) is 0. The van der Waals surface area contributed by atoms with Crippen LogP contribution in [-0.2, 0) is 5.54 Å². The maximum absolute atomic E-state index is 5.02. The molecule has 0 saturated heterocycles. The number of H-pyrrole nitrogens is 1. The molecule has 1 saturated carbocycles. The van der Waals surface area contributed by atoms with Gasteiger partial charge in [0.15, 0.2) is 4.77 Å². The summed E-state index contributed by atoms with van der Waals surface area (Å²) >= 11 is 5.02. The van der Waals surface area contributed by atoms with Gasteiger partial charge < -0.3 is 4.57 Å². The highest BCUT2D eigenvalue weighted by Crippen LogP contribution is 2.42. The lowest BCUT2D eigenvalue weighted by Gasteiger charge is -2.06. The Kier molecular flexibility index (Phi) is 1.03. The number of nitrogens with zero attached hydrogens (tertiary/aromatic N) is 2. The zero-order valence-corrected chi connectivity index (χ0v) is 6.61. The molecule has 1 N–H and O–H groups in total. The predicted octanol–water partition coefficient (Wildman–Crippen LogP) is 1.45. The van der Waals surface area contributed by atoms with Crippen molar-refractivity contribution in [3.8, 4) is 0 Å². The normalized spacial score (nSPS) is 20.9. The Bertz CT molecular complexity index is 294.